The molecule has 1 N–H and O–H groups in total. The van der Waals surface area contributed by atoms with E-state index in [9.17, 15) is 0 Å². The lowest BCUT2D eigenvalue weighted by Crippen LogP contribution is -2.19. The first kappa shape index (κ1) is 12.8. The highest BCUT2D eigenvalue weighted by atomic mass is 32.1. The van der Waals surface area contributed by atoms with Crippen molar-refractivity contribution in [3.05, 3.63) is 51.5 Å². The molecule has 0 fully saturated rings. The van der Waals surface area contributed by atoms with Crippen molar-refractivity contribution in [2.45, 2.75) is 38.1 Å². The average Bonchev–Trinajstić information content (AvgIpc) is 2.89. The summed E-state index contributed by atoms with van der Waals surface area (Å²) in [7, 11) is 2.06. The topological polar surface area (TPSA) is 24.9 Å². The number of hydrogen-bond donors (Lipinski definition) is 1. The molecular formula is C16H20N2S. The largest absolute Gasteiger partial charge is 0.312 e. The maximum Gasteiger partial charge on any atom is 0.0935 e. The summed E-state index contributed by atoms with van der Waals surface area (Å²) in [6, 6.07) is 11.2. The zero-order valence-electron chi connectivity index (χ0n) is 11.4. The van der Waals surface area contributed by atoms with E-state index in [0.717, 1.165) is 19.3 Å². The Kier molecular flexibility index (Phi) is 3.95. The van der Waals surface area contributed by atoms with Crippen molar-refractivity contribution in [3.63, 3.8) is 0 Å². The van der Waals surface area contributed by atoms with Crippen LogP contribution >= 0.6 is 11.3 Å². The van der Waals surface area contributed by atoms with Gasteiger partial charge in [-0.15, -0.1) is 11.3 Å². The molecule has 1 aromatic carbocycles. The van der Waals surface area contributed by atoms with Gasteiger partial charge < -0.3 is 5.32 Å². The standard InChI is InChI=1S/C16H20N2S/c1-17-13-8-5-9-14-16(13)19-15(18-14)11-10-12-6-3-2-4-7-12/h2-4,6-7,13,17H,5,8-11H2,1H3. The summed E-state index contributed by atoms with van der Waals surface area (Å²) < 4.78 is 0. The molecule has 0 aliphatic heterocycles. The second-order valence-electron chi connectivity index (χ2n) is 5.14. The summed E-state index contributed by atoms with van der Waals surface area (Å²) in [6.45, 7) is 0. The third-order valence-electron chi connectivity index (χ3n) is 3.81. The molecule has 0 radical (unpaired) electrons. The number of benzene rings is 1. The van der Waals surface area contributed by atoms with E-state index in [1.165, 1.54) is 34.0 Å². The zero-order valence-corrected chi connectivity index (χ0v) is 12.2. The van der Waals surface area contributed by atoms with Crippen LogP contribution in [0.3, 0.4) is 0 Å². The van der Waals surface area contributed by atoms with Gasteiger partial charge in [0.05, 0.1) is 10.7 Å². The van der Waals surface area contributed by atoms with E-state index in [2.05, 4.69) is 42.7 Å². The van der Waals surface area contributed by atoms with Crippen molar-refractivity contribution < 1.29 is 0 Å². The Hall–Kier alpha value is -1.19. The molecule has 0 bridgehead atoms. The van der Waals surface area contributed by atoms with Gasteiger partial charge in [0.1, 0.15) is 0 Å². The third-order valence-corrected chi connectivity index (χ3v) is 5.08. The Morgan fingerprint density at radius 1 is 1.26 bits per heavy atom. The number of nitrogens with one attached hydrogen (secondary N) is 1. The molecule has 1 heterocycles. The fourth-order valence-electron chi connectivity index (χ4n) is 2.75. The molecule has 0 amide bonds. The highest BCUT2D eigenvalue weighted by molar-refractivity contribution is 7.11. The van der Waals surface area contributed by atoms with Crippen LogP contribution in [0.1, 0.15) is 40.0 Å². The molecule has 3 rings (SSSR count). The van der Waals surface area contributed by atoms with E-state index in [1.54, 1.807) is 0 Å². The van der Waals surface area contributed by atoms with Gasteiger partial charge >= 0.3 is 0 Å². The smallest absolute Gasteiger partial charge is 0.0935 e. The van der Waals surface area contributed by atoms with Gasteiger partial charge in [0.2, 0.25) is 0 Å². The molecule has 3 heteroatoms. The minimum Gasteiger partial charge on any atom is -0.312 e. The Morgan fingerprint density at radius 3 is 2.89 bits per heavy atom. The average molecular weight is 272 g/mol. The lowest BCUT2D eigenvalue weighted by atomic mass is 9.98. The minimum absolute atomic E-state index is 0.534. The summed E-state index contributed by atoms with van der Waals surface area (Å²) in [5, 5.41) is 4.72. The minimum atomic E-state index is 0.534. The molecule has 19 heavy (non-hydrogen) atoms. The predicted molar refractivity (Wildman–Crippen MR) is 80.7 cm³/mol. The van der Waals surface area contributed by atoms with Gasteiger partial charge in [-0.1, -0.05) is 30.3 Å². The first-order valence-corrected chi connectivity index (χ1v) is 7.88. The maximum atomic E-state index is 4.84. The highest BCUT2D eigenvalue weighted by Crippen LogP contribution is 2.34. The van der Waals surface area contributed by atoms with Gasteiger partial charge in [-0.05, 0) is 38.3 Å². The SMILES string of the molecule is CNC1CCCc2nc(CCc3ccccc3)sc21. The van der Waals surface area contributed by atoms with Crippen LogP contribution in [-0.4, -0.2) is 12.0 Å². The third kappa shape index (κ3) is 2.88. The molecule has 0 saturated heterocycles. The van der Waals surface area contributed by atoms with E-state index >= 15 is 0 Å². The zero-order chi connectivity index (χ0) is 13.1. The summed E-state index contributed by atoms with van der Waals surface area (Å²) in [5.41, 5.74) is 2.75. The summed E-state index contributed by atoms with van der Waals surface area (Å²) in [6.07, 6.45) is 5.84. The van der Waals surface area contributed by atoms with Gasteiger partial charge in [0, 0.05) is 17.3 Å². The summed E-state index contributed by atoms with van der Waals surface area (Å²) >= 11 is 1.91. The molecular weight excluding hydrogens is 252 g/mol. The van der Waals surface area contributed by atoms with Crippen molar-refractivity contribution in [2.75, 3.05) is 7.05 Å². The first-order valence-electron chi connectivity index (χ1n) is 7.06. The van der Waals surface area contributed by atoms with Crippen LogP contribution in [0, 0.1) is 0 Å². The number of aromatic nitrogens is 1. The quantitative estimate of drug-likeness (QED) is 0.921. The Labute approximate surface area is 118 Å². The van der Waals surface area contributed by atoms with Crippen LogP contribution in [0.2, 0.25) is 0 Å². The second kappa shape index (κ2) is 5.85. The number of rotatable bonds is 4. The normalized spacial score (nSPS) is 18.3. The maximum absolute atomic E-state index is 4.84. The monoisotopic (exact) mass is 272 g/mol. The molecule has 1 aliphatic rings. The summed E-state index contributed by atoms with van der Waals surface area (Å²) in [5.74, 6) is 0. The van der Waals surface area contributed by atoms with E-state index in [-0.39, 0.29) is 0 Å². The van der Waals surface area contributed by atoms with Crippen LogP contribution in [0.4, 0.5) is 0 Å². The van der Waals surface area contributed by atoms with Crippen LogP contribution < -0.4 is 5.32 Å². The van der Waals surface area contributed by atoms with E-state index in [4.69, 9.17) is 4.98 Å². The lowest BCUT2D eigenvalue weighted by Gasteiger charge is -2.20. The van der Waals surface area contributed by atoms with Gasteiger partial charge in [0.25, 0.3) is 0 Å². The van der Waals surface area contributed by atoms with Crippen molar-refractivity contribution in [1.82, 2.24) is 10.3 Å². The first-order chi connectivity index (χ1) is 9.36. The fourth-order valence-corrected chi connectivity index (χ4v) is 4.01. The number of fused-ring (bicyclic) bond motifs is 1. The molecule has 0 saturated carbocycles. The van der Waals surface area contributed by atoms with Gasteiger partial charge in [-0.2, -0.15) is 0 Å². The molecule has 1 atom stereocenters. The van der Waals surface area contributed by atoms with Crippen molar-refractivity contribution >= 4 is 11.3 Å². The van der Waals surface area contributed by atoms with Crippen molar-refractivity contribution in [2.24, 2.45) is 0 Å². The van der Waals surface area contributed by atoms with Gasteiger partial charge in [0.15, 0.2) is 0 Å². The molecule has 2 aromatic rings. The van der Waals surface area contributed by atoms with E-state index in [1.807, 2.05) is 11.3 Å². The van der Waals surface area contributed by atoms with Crippen LogP contribution in [0.5, 0.6) is 0 Å². The van der Waals surface area contributed by atoms with E-state index in [0.29, 0.717) is 6.04 Å². The van der Waals surface area contributed by atoms with Crippen LogP contribution in [0.15, 0.2) is 30.3 Å². The predicted octanol–water partition coefficient (Wildman–Crippen LogP) is 3.53. The number of hydrogen-bond acceptors (Lipinski definition) is 3. The van der Waals surface area contributed by atoms with Gasteiger partial charge in [-0.25, -0.2) is 4.98 Å². The summed E-state index contributed by atoms with van der Waals surface area (Å²) in [4.78, 5) is 6.33. The molecule has 1 unspecified atom stereocenters. The molecule has 1 aliphatic carbocycles. The van der Waals surface area contributed by atoms with Crippen molar-refractivity contribution in [1.29, 1.82) is 0 Å². The number of nitrogens with zero attached hydrogens (tertiary/aromatic N) is 1. The Bertz CT molecular complexity index is 533. The molecule has 0 spiro atoms. The lowest BCUT2D eigenvalue weighted by molar-refractivity contribution is 0.501. The highest BCUT2D eigenvalue weighted by Gasteiger charge is 2.22. The number of aryl methyl sites for hydroxylation is 3. The second-order valence-corrected chi connectivity index (χ2v) is 6.25. The Morgan fingerprint density at radius 2 is 2.11 bits per heavy atom. The number of thiazole rings is 1. The van der Waals surface area contributed by atoms with Gasteiger partial charge in [-0.3, -0.25) is 0 Å². The Balaban J connectivity index is 1.71. The fraction of sp³-hybridized carbons (Fsp3) is 0.438. The van der Waals surface area contributed by atoms with Crippen LogP contribution in [-0.2, 0) is 19.3 Å². The van der Waals surface area contributed by atoms with Crippen molar-refractivity contribution in [3.8, 4) is 0 Å². The van der Waals surface area contributed by atoms with E-state index < -0.39 is 0 Å². The molecule has 1 aromatic heterocycles. The molecule has 100 valence electrons. The molecule has 2 nitrogen and oxygen atoms in total. The van der Waals surface area contributed by atoms with Crippen LogP contribution in [0.25, 0.3) is 0 Å².